The highest BCUT2D eigenvalue weighted by Crippen LogP contribution is 2.34. The second-order valence-electron chi connectivity index (χ2n) is 4.15. The molecule has 0 saturated heterocycles. The molecule has 0 bridgehead atoms. The highest BCUT2D eigenvalue weighted by Gasteiger charge is 2.25. The molecular weight excluding hydrogens is 234 g/mol. The molecule has 0 radical (unpaired) electrons. The lowest BCUT2D eigenvalue weighted by Crippen LogP contribution is -2.10. The number of halogens is 3. The van der Waals surface area contributed by atoms with E-state index in [1.165, 1.54) is 18.6 Å². The maximum absolute atomic E-state index is 12.8. The lowest BCUT2D eigenvalue weighted by molar-refractivity contribution is 0.551. The third-order valence-electron chi connectivity index (χ3n) is 3.06. The summed E-state index contributed by atoms with van der Waals surface area (Å²) in [7, 11) is 0. The third kappa shape index (κ3) is 2.64. The van der Waals surface area contributed by atoms with Gasteiger partial charge in [-0.05, 0) is 42.9 Å². The largest absolute Gasteiger partial charge is 0.207 e. The highest BCUT2D eigenvalue weighted by atomic mass is 35.5. The highest BCUT2D eigenvalue weighted by molar-refractivity contribution is 6.31. The second kappa shape index (κ2) is 4.71. The van der Waals surface area contributed by atoms with Crippen LogP contribution in [0.4, 0.5) is 4.39 Å². The molecule has 0 aromatic heterocycles. The summed E-state index contributed by atoms with van der Waals surface area (Å²) in [5.74, 6) is 0.215. The van der Waals surface area contributed by atoms with Crippen molar-refractivity contribution in [3.05, 3.63) is 34.6 Å². The minimum absolute atomic E-state index is 0.256. The van der Waals surface area contributed by atoms with E-state index in [4.69, 9.17) is 23.2 Å². The van der Waals surface area contributed by atoms with Crippen LogP contribution in [0.5, 0.6) is 0 Å². The molecule has 2 rings (SSSR count). The zero-order chi connectivity index (χ0) is 10.8. The van der Waals surface area contributed by atoms with Crippen molar-refractivity contribution >= 4 is 23.2 Å². The normalized spacial score (nSPS) is 25.8. The average Bonchev–Trinajstić information content (AvgIpc) is 2.57. The Balaban J connectivity index is 2.10. The topological polar surface area (TPSA) is 0 Å². The first kappa shape index (κ1) is 11.2. The molecule has 15 heavy (non-hydrogen) atoms. The second-order valence-corrected chi connectivity index (χ2v) is 5.11. The van der Waals surface area contributed by atoms with Gasteiger partial charge in [-0.3, -0.25) is 0 Å². The fourth-order valence-corrected chi connectivity index (χ4v) is 2.80. The molecule has 1 aromatic rings. The monoisotopic (exact) mass is 246 g/mol. The molecule has 1 aliphatic rings. The van der Waals surface area contributed by atoms with Crippen LogP contribution in [-0.4, -0.2) is 5.38 Å². The van der Waals surface area contributed by atoms with Gasteiger partial charge in [-0.25, -0.2) is 4.39 Å². The number of hydrogen-bond donors (Lipinski definition) is 0. The zero-order valence-corrected chi connectivity index (χ0v) is 9.86. The standard InChI is InChI=1S/C12H13Cl2F/c13-11-3-1-2-8(11)6-9-4-5-10(15)7-12(9)14/h4-5,7-8,11H,1-3,6H2. The van der Waals surface area contributed by atoms with E-state index in [9.17, 15) is 4.39 Å². The van der Waals surface area contributed by atoms with Crippen molar-refractivity contribution in [2.45, 2.75) is 31.1 Å². The van der Waals surface area contributed by atoms with Crippen LogP contribution in [0.3, 0.4) is 0 Å². The Hall–Kier alpha value is -0.270. The van der Waals surface area contributed by atoms with Crippen LogP contribution in [0, 0.1) is 11.7 Å². The SMILES string of the molecule is Fc1ccc(CC2CCCC2Cl)c(Cl)c1. The summed E-state index contributed by atoms with van der Waals surface area (Å²) in [5.41, 5.74) is 1.01. The van der Waals surface area contributed by atoms with Gasteiger partial charge in [0.2, 0.25) is 0 Å². The summed E-state index contributed by atoms with van der Waals surface area (Å²) in [6.07, 6.45) is 4.30. The molecule has 0 spiro atoms. The summed E-state index contributed by atoms with van der Waals surface area (Å²) < 4.78 is 12.8. The molecule has 0 N–H and O–H groups in total. The molecule has 82 valence electrons. The predicted octanol–water partition coefficient (Wildman–Crippen LogP) is 4.43. The van der Waals surface area contributed by atoms with Crippen LogP contribution in [0.1, 0.15) is 24.8 Å². The molecule has 0 aliphatic heterocycles. The lowest BCUT2D eigenvalue weighted by atomic mass is 9.98. The van der Waals surface area contributed by atoms with Crippen LogP contribution in [0.15, 0.2) is 18.2 Å². The molecule has 0 nitrogen and oxygen atoms in total. The first-order chi connectivity index (χ1) is 7.16. The van der Waals surface area contributed by atoms with Gasteiger partial charge >= 0.3 is 0 Å². The molecular formula is C12H13Cl2F. The maximum Gasteiger partial charge on any atom is 0.124 e. The maximum atomic E-state index is 12.8. The van der Waals surface area contributed by atoms with E-state index in [0.717, 1.165) is 24.8 Å². The minimum atomic E-state index is -0.280. The Morgan fingerprint density at radius 1 is 1.33 bits per heavy atom. The van der Waals surface area contributed by atoms with Gasteiger partial charge in [-0.1, -0.05) is 24.1 Å². The molecule has 1 fully saturated rings. The van der Waals surface area contributed by atoms with E-state index in [1.807, 2.05) is 0 Å². The summed E-state index contributed by atoms with van der Waals surface area (Å²) >= 11 is 12.2. The molecule has 1 aromatic carbocycles. The third-order valence-corrected chi connectivity index (χ3v) is 3.99. The molecule has 0 heterocycles. The summed E-state index contributed by atoms with van der Waals surface area (Å²) in [5, 5.41) is 0.775. The zero-order valence-electron chi connectivity index (χ0n) is 8.35. The van der Waals surface area contributed by atoms with E-state index in [2.05, 4.69) is 0 Å². The van der Waals surface area contributed by atoms with Gasteiger partial charge in [-0.2, -0.15) is 0 Å². The Labute approximate surface area is 99.4 Å². The van der Waals surface area contributed by atoms with Crippen molar-refractivity contribution in [1.29, 1.82) is 0 Å². The lowest BCUT2D eigenvalue weighted by Gasteiger charge is -2.14. The molecule has 2 atom stereocenters. The molecule has 3 heteroatoms. The van der Waals surface area contributed by atoms with Crippen molar-refractivity contribution in [3.63, 3.8) is 0 Å². The number of alkyl halides is 1. The smallest absolute Gasteiger partial charge is 0.124 e. The van der Waals surface area contributed by atoms with E-state index >= 15 is 0 Å². The number of hydrogen-bond acceptors (Lipinski definition) is 0. The van der Waals surface area contributed by atoms with E-state index in [1.54, 1.807) is 6.07 Å². The van der Waals surface area contributed by atoms with Crippen LogP contribution in [0.2, 0.25) is 5.02 Å². The Bertz CT molecular complexity index is 351. The molecule has 2 unspecified atom stereocenters. The molecule has 1 saturated carbocycles. The van der Waals surface area contributed by atoms with Crippen LogP contribution >= 0.6 is 23.2 Å². The van der Waals surface area contributed by atoms with Crippen LogP contribution < -0.4 is 0 Å². The first-order valence-electron chi connectivity index (χ1n) is 5.25. The predicted molar refractivity (Wildman–Crippen MR) is 62.1 cm³/mol. The molecule has 1 aliphatic carbocycles. The summed E-state index contributed by atoms with van der Waals surface area (Å²) in [6.45, 7) is 0. The van der Waals surface area contributed by atoms with E-state index < -0.39 is 0 Å². The van der Waals surface area contributed by atoms with Gasteiger partial charge in [0.15, 0.2) is 0 Å². The van der Waals surface area contributed by atoms with Crippen molar-refractivity contribution in [1.82, 2.24) is 0 Å². The van der Waals surface area contributed by atoms with Gasteiger partial charge in [-0.15, -0.1) is 11.6 Å². The number of rotatable bonds is 2. The van der Waals surface area contributed by atoms with Crippen LogP contribution in [0.25, 0.3) is 0 Å². The first-order valence-corrected chi connectivity index (χ1v) is 6.06. The average molecular weight is 247 g/mol. The van der Waals surface area contributed by atoms with Gasteiger partial charge in [0.05, 0.1) is 0 Å². The van der Waals surface area contributed by atoms with E-state index in [-0.39, 0.29) is 11.2 Å². The van der Waals surface area contributed by atoms with Crippen molar-refractivity contribution in [3.8, 4) is 0 Å². The molecule has 0 amide bonds. The fraction of sp³-hybridized carbons (Fsp3) is 0.500. The Morgan fingerprint density at radius 2 is 2.13 bits per heavy atom. The minimum Gasteiger partial charge on any atom is -0.207 e. The fourth-order valence-electron chi connectivity index (χ4n) is 2.19. The Kier molecular flexibility index (Phi) is 3.53. The van der Waals surface area contributed by atoms with Gasteiger partial charge in [0.1, 0.15) is 5.82 Å². The van der Waals surface area contributed by atoms with Crippen LogP contribution in [-0.2, 0) is 6.42 Å². The van der Waals surface area contributed by atoms with Crippen molar-refractivity contribution < 1.29 is 4.39 Å². The van der Waals surface area contributed by atoms with Crippen molar-refractivity contribution in [2.75, 3.05) is 0 Å². The van der Waals surface area contributed by atoms with Crippen molar-refractivity contribution in [2.24, 2.45) is 5.92 Å². The quantitative estimate of drug-likeness (QED) is 0.678. The summed E-state index contributed by atoms with van der Waals surface area (Å²) in [4.78, 5) is 0. The number of benzene rings is 1. The Morgan fingerprint density at radius 3 is 2.73 bits per heavy atom. The summed E-state index contributed by atoms with van der Waals surface area (Å²) in [6, 6.07) is 4.59. The van der Waals surface area contributed by atoms with Gasteiger partial charge < -0.3 is 0 Å². The van der Waals surface area contributed by atoms with Gasteiger partial charge in [0, 0.05) is 10.4 Å². The van der Waals surface area contributed by atoms with E-state index in [0.29, 0.717) is 10.9 Å². The van der Waals surface area contributed by atoms with Gasteiger partial charge in [0.25, 0.3) is 0 Å².